The van der Waals surface area contributed by atoms with Gasteiger partial charge >= 0.3 is 0 Å². The topological polar surface area (TPSA) is 40.6 Å². The molecule has 4 nitrogen and oxygen atoms in total. The van der Waals surface area contributed by atoms with Crippen molar-refractivity contribution in [2.24, 2.45) is 0 Å². The van der Waals surface area contributed by atoms with Crippen LogP contribution in [0, 0.1) is 12.7 Å². The summed E-state index contributed by atoms with van der Waals surface area (Å²) in [5.41, 5.74) is 2.90. The van der Waals surface area contributed by atoms with Crippen molar-refractivity contribution in [1.29, 1.82) is 0 Å². The number of aryl methyl sites for hydroxylation is 1. The van der Waals surface area contributed by atoms with E-state index in [0.29, 0.717) is 5.69 Å². The molecule has 0 aliphatic carbocycles. The normalized spacial score (nSPS) is 18.9. The fourth-order valence-corrected chi connectivity index (χ4v) is 5.36. The first kappa shape index (κ1) is 15.4. The van der Waals surface area contributed by atoms with E-state index in [-0.39, 0.29) is 17.0 Å². The maximum atomic E-state index is 14.1. The molecule has 0 N–H and O–H groups in total. The van der Waals surface area contributed by atoms with Crippen molar-refractivity contribution < 1.29 is 12.8 Å². The van der Waals surface area contributed by atoms with Gasteiger partial charge in [-0.3, -0.25) is 4.31 Å². The number of rotatable bonds is 2. The quantitative estimate of drug-likeness (QED) is 0.836. The van der Waals surface area contributed by atoms with Gasteiger partial charge in [-0.15, -0.1) is 0 Å². The van der Waals surface area contributed by atoms with Gasteiger partial charge in [0.15, 0.2) is 0 Å². The van der Waals surface area contributed by atoms with E-state index >= 15 is 0 Å². The minimum Gasteiger partial charge on any atom is -0.370 e. The zero-order chi connectivity index (χ0) is 16.9. The van der Waals surface area contributed by atoms with Crippen LogP contribution in [0.4, 0.5) is 15.8 Å². The molecule has 2 aromatic rings. The lowest BCUT2D eigenvalue weighted by Gasteiger charge is -2.28. The van der Waals surface area contributed by atoms with Gasteiger partial charge in [0.05, 0.1) is 22.8 Å². The molecular formula is C18H19FN2O2S. The highest BCUT2D eigenvalue weighted by Gasteiger charge is 2.38. The van der Waals surface area contributed by atoms with Crippen molar-refractivity contribution in [1.82, 2.24) is 0 Å². The van der Waals surface area contributed by atoms with Gasteiger partial charge in [0.2, 0.25) is 0 Å². The fourth-order valence-electron chi connectivity index (χ4n) is 3.69. The molecular weight excluding hydrogens is 327 g/mol. The van der Waals surface area contributed by atoms with Crippen LogP contribution in [0.25, 0.3) is 0 Å². The molecule has 0 spiro atoms. The molecule has 6 heteroatoms. The Morgan fingerprint density at radius 1 is 1.04 bits per heavy atom. The van der Waals surface area contributed by atoms with Crippen molar-refractivity contribution in [3.8, 4) is 0 Å². The number of benzene rings is 2. The molecule has 126 valence electrons. The minimum atomic E-state index is -3.72. The monoisotopic (exact) mass is 346 g/mol. The molecule has 0 radical (unpaired) electrons. The van der Waals surface area contributed by atoms with Crippen molar-refractivity contribution in [3.05, 3.63) is 53.3 Å². The lowest BCUT2D eigenvalue weighted by molar-refractivity contribution is 0.595. The summed E-state index contributed by atoms with van der Waals surface area (Å²) in [4.78, 5) is 2.32. The Bertz CT molecular complexity index is 905. The van der Waals surface area contributed by atoms with Crippen LogP contribution in [0.3, 0.4) is 0 Å². The van der Waals surface area contributed by atoms with E-state index in [4.69, 9.17) is 0 Å². The molecule has 0 atom stereocenters. The highest BCUT2D eigenvalue weighted by Crippen LogP contribution is 2.42. The van der Waals surface area contributed by atoms with Gasteiger partial charge in [0.1, 0.15) is 5.82 Å². The van der Waals surface area contributed by atoms with Crippen LogP contribution in [0.1, 0.15) is 24.0 Å². The smallest absolute Gasteiger partial charge is 0.265 e. The maximum absolute atomic E-state index is 14.1. The maximum Gasteiger partial charge on any atom is 0.265 e. The number of fused-ring (bicyclic) bond motifs is 1. The van der Waals surface area contributed by atoms with Gasteiger partial charge in [0, 0.05) is 18.7 Å². The van der Waals surface area contributed by atoms with Gasteiger partial charge in [-0.25, -0.2) is 12.8 Å². The second kappa shape index (κ2) is 5.48. The highest BCUT2D eigenvalue weighted by atomic mass is 32.2. The van der Waals surface area contributed by atoms with Gasteiger partial charge in [-0.1, -0.05) is 18.2 Å². The average molecular weight is 346 g/mol. The highest BCUT2D eigenvalue weighted by molar-refractivity contribution is 7.93. The summed E-state index contributed by atoms with van der Waals surface area (Å²) in [6.45, 7) is 3.89. The second-order valence-electron chi connectivity index (χ2n) is 6.37. The molecule has 4 rings (SSSR count). The summed E-state index contributed by atoms with van der Waals surface area (Å²) in [5.74, 6) is -0.464. The van der Waals surface area contributed by atoms with Crippen LogP contribution in [-0.4, -0.2) is 21.5 Å². The number of halogens is 1. The summed E-state index contributed by atoms with van der Waals surface area (Å²) < 4.78 is 41.4. The van der Waals surface area contributed by atoms with Crippen LogP contribution < -0.4 is 9.21 Å². The predicted octanol–water partition coefficient (Wildman–Crippen LogP) is 3.44. The third-order valence-corrected chi connectivity index (χ3v) is 6.70. The number of anilines is 2. The van der Waals surface area contributed by atoms with Gasteiger partial charge < -0.3 is 4.90 Å². The Kier molecular flexibility index (Phi) is 3.53. The Morgan fingerprint density at radius 2 is 1.75 bits per heavy atom. The Hall–Kier alpha value is -2.08. The van der Waals surface area contributed by atoms with E-state index in [0.717, 1.165) is 37.2 Å². The Labute approximate surface area is 141 Å². The number of nitrogens with zero attached hydrogens (tertiary/aromatic N) is 2. The Morgan fingerprint density at radius 3 is 2.46 bits per heavy atom. The number of hydrogen-bond acceptors (Lipinski definition) is 3. The Balaban J connectivity index is 1.87. The first-order chi connectivity index (χ1) is 11.5. The molecule has 24 heavy (non-hydrogen) atoms. The second-order valence-corrected chi connectivity index (χ2v) is 8.20. The van der Waals surface area contributed by atoms with Crippen LogP contribution in [0.2, 0.25) is 0 Å². The minimum absolute atomic E-state index is 0.0502. The molecule has 0 saturated carbocycles. The molecule has 0 unspecified atom stereocenters. The van der Waals surface area contributed by atoms with E-state index in [1.165, 1.54) is 22.5 Å². The van der Waals surface area contributed by atoms with E-state index < -0.39 is 15.8 Å². The lowest BCUT2D eigenvalue weighted by atomic mass is 10.1. The first-order valence-electron chi connectivity index (χ1n) is 8.15. The lowest BCUT2D eigenvalue weighted by Crippen LogP contribution is -2.28. The average Bonchev–Trinajstić information content (AvgIpc) is 3.15. The van der Waals surface area contributed by atoms with Crippen molar-refractivity contribution in [3.63, 3.8) is 0 Å². The van der Waals surface area contributed by atoms with Crippen LogP contribution in [-0.2, 0) is 16.6 Å². The van der Waals surface area contributed by atoms with Crippen molar-refractivity contribution >= 4 is 21.4 Å². The van der Waals surface area contributed by atoms with Gasteiger partial charge in [0.25, 0.3) is 10.0 Å². The van der Waals surface area contributed by atoms with Gasteiger partial charge in [-0.05, 0) is 43.5 Å². The van der Waals surface area contributed by atoms with E-state index in [1.54, 1.807) is 0 Å². The first-order valence-corrected chi connectivity index (χ1v) is 9.59. The number of hydrogen-bond donors (Lipinski definition) is 0. The van der Waals surface area contributed by atoms with E-state index in [9.17, 15) is 12.8 Å². The molecule has 0 amide bonds. The molecule has 2 aliphatic heterocycles. The van der Waals surface area contributed by atoms with E-state index in [2.05, 4.69) is 4.90 Å². The summed E-state index contributed by atoms with van der Waals surface area (Å²) in [7, 11) is -3.72. The largest absolute Gasteiger partial charge is 0.370 e. The molecule has 0 bridgehead atoms. The van der Waals surface area contributed by atoms with Crippen LogP contribution in [0.15, 0.2) is 41.3 Å². The SMILES string of the molecule is Cc1cccc(N2Cc3c(F)cccc3S2(=O)=O)c1N1CCCC1. The molecule has 2 aromatic carbocycles. The van der Waals surface area contributed by atoms with Crippen molar-refractivity contribution in [2.75, 3.05) is 22.3 Å². The molecule has 1 fully saturated rings. The summed E-state index contributed by atoms with van der Waals surface area (Å²) in [6.07, 6.45) is 2.21. The summed E-state index contributed by atoms with van der Waals surface area (Å²) in [6, 6.07) is 9.93. The van der Waals surface area contributed by atoms with Crippen molar-refractivity contribution in [2.45, 2.75) is 31.2 Å². The number of para-hydroxylation sites is 1. The fraction of sp³-hybridized carbons (Fsp3) is 0.333. The van der Waals surface area contributed by atoms with Crippen LogP contribution in [0.5, 0.6) is 0 Å². The number of sulfonamides is 1. The predicted molar refractivity (Wildman–Crippen MR) is 92.4 cm³/mol. The zero-order valence-electron chi connectivity index (χ0n) is 13.5. The molecule has 2 aliphatic rings. The molecule has 2 heterocycles. The van der Waals surface area contributed by atoms with Crippen LogP contribution >= 0.6 is 0 Å². The van der Waals surface area contributed by atoms with Gasteiger partial charge in [-0.2, -0.15) is 0 Å². The third-order valence-electron chi connectivity index (χ3n) is 4.85. The summed E-state index contributed by atoms with van der Waals surface area (Å²) >= 11 is 0. The standard InChI is InChI=1S/C18H19FN2O2S/c1-13-6-4-8-16(18(13)20-10-2-3-11-20)21-12-14-15(19)7-5-9-17(14)24(21,22)23/h4-9H,2-3,10-12H2,1H3. The molecule has 1 saturated heterocycles. The summed E-state index contributed by atoms with van der Waals surface area (Å²) in [5, 5.41) is 0. The zero-order valence-corrected chi connectivity index (χ0v) is 14.3. The molecule has 0 aromatic heterocycles. The van der Waals surface area contributed by atoms with E-state index in [1.807, 2.05) is 25.1 Å². The third kappa shape index (κ3) is 2.20.